The van der Waals surface area contributed by atoms with Crippen LogP contribution in [0.4, 0.5) is 11.4 Å². The lowest BCUT2D eigenvalue weighted by Gasteiger charge is -2.34. The van der Waals surface area contributed by atoms with E-state index in [1.807, 2.05) is 62.4 Å². The molecule has 11 nitrogen and oxygen atoms in total. The molecule has 0 saturated carbocycles. The molecular formula is C36H39ClN4O7S. The van der Waals surface area contributed by atoms with Gasteiger partial charge >= 0.3 is 0 Å². The van der Waals surface area contributed by atoms with Crippen molar-refractivity contribution in [1.82, 2.24) is 10.2 Å². The summed E-state index contributed by atoms with van der Waals surface area (Å²) in [5.74, 6) is -1.00. The van der Waals surface area contributed by atoms with Gasteiger partial charge in [0.25, 0.3) is 15.7 Å². The number of hydrogen-bond acceptors (Lipinski definition) is 7. The van der Waals surface area contributed by atoms with E-state index in [4.69, 9.17) is 16.3 Å². The number of amides is 2. The van der Waals surface area contributed by atoms with Gasteiger partial charge in [-0.05, 0) is 55.7 Å². The van der Waals surface area contributed by atoms with Gasteiger partial charge < -0.3 is 15.0 Å². The van der Waals surface area contributed by atoms with Gasteiger partial charge in [-0.25, -0.2) is 8.42 Å². The first kappa shape index (κ1) is 36.9. The van der Waals surface area contributed by atoms with E-state index in [9.17, 15) is 28.1 Å². The number of benzene rings is 4. The Balaban J connectivity index is 1.88. The molecule has 258 valence electrons. The van der Waals surface area contributed by atoms with E-state index in [1.54, 1.807) is 12.1 Å². The number of methoxy groups -OCH3 is 1. The largest absolute Gasteiger partial charge is 0.495 e. The van der Waals surface area contributed by atoms with Crippen molar-refractivity contribution in [3.05, 3.63) is 129 Å². The minimum atomic E-state index is -4.66. The van der Waals surface area contributed by atoms with Crippen molar-refractivity contribution in [3.8, 4) is 5.75 Å². The highest BCUT2D eigenvalue weighted by Gasteiger charge is 2.36. The molecule has 4 aromatic rings. The van der Waals surface area contributed by atoms with Crippen LogP contribution in [0, 0.1) is 17.0 Å². The van der Waals surface area contributed by atoms with Crippen LogP contribution in [0.2, 0.25) is 5.02 Å². The van der Waals surface area contributed by atoms with Crippen LogP contribution in [0.1, 0.15) is 37.0 Å². The molecule has 0 heterocycles. The summed E-state index contributed by atoms with van der Waals surface area (Å²) in [4.78, 5) is 40.7. The molecule has 0 saturated heterocycles. The number of halogens is 1. The molecule has 0 aliphatic heterocycles. The van der Waals surface area contributed by atoms with Gasteiger partial charge in [0.15, 0.2) is 0 Å². The molecule has 49 heavy (non-hydrogen) atoms. The number of sulfonamides is 1. The summed E-state index contributed by atoms with van der Waals surface area (Å²) in [5.41, 5.74) is 1.31. The molecule has 0 bridgehead atoms. The van der Waals surface area contributed by atoms with Gasteiger partial charge in [-0.3, -0.25) is 24.0 Å². The van der Waals surface area contributed by atoms with Crippen molar-refractivity contribution in [1.29, 1.82) is 0 Å². The topological polar surface area (TPSA) is 139 Å². The molecule has 13 heteroatoms. The smallest absolute Gasteiger partial charge is 0.273 e. The summed E-state index contributed by atoms with van der Waals surface area (Å²) >= 11 is 6.34. The second-order valence-electron chi connectivity index (χ2n) is 11.6. The first-order valence-corrected chi connectivity index (χ1v) is 17.5. The Bertz CT molecular complexity index is 1890. The molecule has 0 fully saturated rings. The predicted octanol–water partition coefficient (Wildman–Crippen LogP) is 6.32. The van der Waals surface area contributed by atoms with E-state index < -0.39 is 49.9 Å². The number of ether oxygens (including phenoxy) is 1. The molecule has 4 aromatic carbocycles. The molecule has 2 amide bonds. The Kier molecular flexibility index (Phi) is 12.4. The van der Waals surface area contributed by atoms with Crippen LogP contribution in [0.15, 0.2) is 102 Å². The fraction of sp³-hybridized carbons (Fsp3) is 0.278. The van der Waals surface area contributed by atoms with Crippen molar-refractivity contribution in [2.75, 3.05) is 18.0 Å². The average molecular weight is 707 g/mol. The second-order valence-corrected chi connectivity index (χ2v) is 13.9. The van der Waals surface area contributed by atoms with E-state index >= 15 is 0 Å². The number of nitro benzene ring substituents is 1. The van der Waals surface area contributed by atoms with Gasteiger partial charge in [-0.1, -0.05) is 85.3 Å². The van der Waals surface area contributed by atoms with Gasteiger partial charge in [0.05, 0.1) is 22.6 Å². The lowest BCUT2D eigenvalue weighted by atomic mass is 10.0. The zero-order valence-corrected chi connectivity index (χ0v) is 29.3. The maximum absolute atomic E-state index is 14.7. The minimum absolute atomic E-state index is 0.0122. The number of nitrogens with zero attached hydrogens (tertiary/aromatic N) is 3. The van der Waals surface area contributed by atoms with E-state index in [1.165, 1.54) is 49.3 Å². The maximum atomic E-state index is 14.7. The Morgan fingerprint density at radius 2 is 1.59 bits per heavy atom. The Morgan fingerprint density at radius 3 is 2.18 bits per heavy atom. The number of nitro groups is 1. The molecule has 4 rings (SSSR count). The first-order valence-electron chi connectivity index (χ1n) is 15.6. The van der Waals surface area contributed by atoms with Crippen LogP contribution in [-0.2, 0) is 32.6 Å². The van der Waals surface area contributed by atoms with Gasteiger partial charge in [0.1, 0.15) is 18.3 Å². The number of rotatable bonds is 15. The molecule has 0 aliphatic rings. The summed E-state index contributed by atoms with van der Waals surface area (Å²) in [5, 5.41) is 14.9. The predicted molar refractivity (Wildman–Crippen MR) is 189 cm³/mol. The van der Waals surface area contributed by atoms with E-state index in [0.717, 1.165) is 15.9 Å². The van der Waals surface area contributed by atoms with Crippen molar-refractivity contribution in [2.24, 2.45) is 0 Å². The summed E-state index contributed by atoms with van der Waals surface area (Å²) in [6.07, 6.45) is 0.804. The first-order chi connectivity index (χ1) is 23.3. The molecular weight excluding hydrogens is 668 g/mol. The van der Waals surface area contributed by atoms with Crippen LogP contribution < -0.4 is 14.4 Å². The van der Waals surface area contributed by atoms with Crippen LogP contribution >= 0.6 is 11.6 Å². The Labute approximate surface area is 291 Å². The van der Waals surface area contributed by atoms with Gasteiger partial charge in [0.2, 0.25) is 11.8 Å². The highest BCUT2D eigenvalue weighted by atomic mass is 35.5. The van der Waals surface area contributed by atoms with Crippen LogP contribution in [-0.4, -0.2) is 55.8 Å². The van der Waals surface area contributed by atoms with Gasteiger partial charge in [0, 0.05) is 35.7 Å². The zero-order chi connectivity index (χ0) is 35.7. The number of carbonyl (C=O) groups excluding carboxylic acids is 2. The van der Waals surface area contributed by atoms with Crippen molar-refractivity contribution in [2.45, 2.75) is 57.1 Å². The monoisotopic (exact) mass is 706 g/mol. The van der Waals surface area contributed by atoms with Crippen LogP contribution in [0.5, 0.6) is 5.75 Å². The lowest BCUT2D eigenvalue weighted by molar-refractivity contribution is -0.385. The molecule has 0 radical (unpaired) electrons. The van der Waals surface area contributed by atoms with Crippen molar-refractivity contribution >= 4 is 44.8 Å². The number of aryl methyl sites for hydroxylation is 1. The van der Waals surface area contributed by atoms with Crippen LogP contribution in [0.3, 0.4) is 0 Å². The lowest BCUT2D eigenvalue weighted by Crippen LogP contribution is -2.54. The molecule has 0 aromatic heterocycles. The summed E-state index contributed by atoms with van der Waals surface area (Å²) in [7, 11) is -3.32. The summed E-state index contributed by atoms with van der Waals surface area (Å²) in [6.45, 7) is 4.49. The quantitative estimate of drug-likeness (QED) is 0.113. The van der Waals surface area contributed by atoms with Crippen LogP contribution in [0.25, 0.3) is 0 Å². The second kappa shape index (κ2) is 16.4. The van der Waals surface area contributed by atoms with Gasteiger partial charge in [-0.2, -0.15) is 0 Å². The summed E-state index contributed by atoms with van der Waals surface area (Å²) in [6, 6.07) is 24.9. The number of hydrogen-bond donors (Lipinski definition) is 1. The Hall–Kier alpha value is -4.94. The molecule has 0 unspecified atom stereocenters. The summed E-state index contributed by atoms with van der Waals surface area (Å²) < 4.78 is 35.2. The third kappa shape index (κ3) is 9.15. The molecule has 1 N–H and O–H groups in total. The van der Waals surface area contributed by atoms with Crippen molar-refractivity contribution in [3.63, 3.8) is 0 Å². The standard InChI is InChI=1S/C36H39ClN4O7S/c1-5-26(3)38-36(43)33(20-27-12-8-6-9-13-27)39(23-28-14-10-7-11-15-28)35(42)24-40(32-21-29(37)17-19-34(32)48-4)49(46,47)30-18-16-25(2)31(22-30)41(44)45/h6-19,21-22,26,33H,5,20,23-24H2,1-4H3,(H,38,43)/t26-,33+/m0/s1. The van der Waals surface area contributed by atoms with Gasteiger partial charge in [-0.15, -0.1) is 0 Å². The normalized spacial score (nSPS) is 12.4. The zero-order valence-electron chi connectivity index (χ0n) is 27.7. The Morgan fingerprint density at radius 1 is 0.959 bits per heavy atom. The highest BCUT2D eigenvalue weighted by molar-refractivity contribution is 7.92. The number of anilines is 1. The van der Waals surface area contributed by atoms with Crippen molar-refractivity contribution < 1.29 is 27.7 Å². The molecule has 2 atom stereocenters. The number of nitrogens with one attached hydrogen (secondary N) is 1. The van der Waals surface area contributed by atoms with E-state index in [-0.39, 0.29) is 41.0 Å². The minimum Gasteiger partial charge on any atom is -0.495 e. The third-order valence-corrected chi connectivity index (χ3v) is 10.1. The third-order valence-electron chi connectivity index (χ3n) is 8.12. The molecule has 0 spiro atoms. The fourth-order valence-corrected chi connectivity index (χ4v) is 6.82. The SMILES string of the molecule is CC[C@H](C)NC(=O)[C@@H](Cc1ccccc1)N(Cc1ccccc1)C(=O)CN(c1cc(Cl)ccc1OC)S(=O)(=O)c1ccc(C)c([N+](=O)[O-])c1. The molecule has 0 aliphatic carbocycles. The van der Waals surface area contributed by atoms with E-state index in [0.29, 0.717) is 12.0 Å². The maximum Gasteiger partial charge on any atom is 0.273 e. The highest BCUT2D eigenvalue weighted by Crippen LogP contribution is 2.36. The number of carbonyl (C=O) groups is 2. The average Bonchev–Trinajstić information content (AvgIpc) is 3.09. The fourth-order valence-electron chi connectivity index (χ4n) is 5.22. The van der Waals surface area contributed by atoms with E-state index in [2.05, 4.69) is 5.32 Å².